The van der Waals surface area contributed by atoms with Crippen molar-refractivity contribution in [3.8, 4) is 0 Å². The standard InChI is InChI=1S/C14H21NO2/c1-3-14(16)11-4-6-12(7-5-11)15-9-8-13(10-15)17-2/h4-7,13-14,16H,3,8-10H2,1-2H3/t13?,14-/m1/s1. The molecule has 0 amide bonds. The molecule has 1 aliphatic rings. The van der Waals surface area contributed by atoms with E-state index in [9.17, 15) is 5.11 Å². The van der Waals surface area contributed by atoms with Crippen LogP contribution in [0, 0.1) is 0 Å². The molecule has 1 aromatic rings. The fraction of sp³-hybridized carbons (Fsp3) is 0.571. The molecule has 0 aromatic heterocycles. The SMILES string of the molecule is CC[C@@H](O)c1ccc(N2CCC(OC)C2)cc1. The van der Waals surface area contributed by atoms with E-state index in [4.69, 9.17) is 4.74 Å². The summed E-state index contributed by atoms with van der Waals surface area (Å²) in [6, 6.07) is 8.21. The zero-order valence-electron chi connectivity index (χ0n) is 10.6. The van der Waals surface area contributed by atoms with Crippen LogP contribution >= 0.6 is 0 Å². The Bertz CT molecular complexity index is 350. The molecule has 1 saturated heterocycles. The molecule has 94 valence electrons. The molecule has 1 N–H and O–H groups in total. The van der Waals surface area contributed by atoms with Crippen LogP contribution in [0.5, 0.6) is 0 Å². The van der Waals surface area contributed by atoms with E-state index in [1.807, 2.05) is 19.1 Å². The van der Waals surface area contributed by atoms with E-state index in [-0.39, 0.29) is 6.10 Å². The molecule has 0 aliphatic carbocycles. The normalized spacial score (nSPS) is 21.8. The van der Waals surface area contributed by atoms with Crippen LogP contribution < -0.4 is 4.90 Å². The van der Waals surface area contributed by atoms with Crippen LogP contribution in [0.1, 0.15) is 31.4 Å². The quantitative estimate of drug-likeness (QED) is 0.869. The zero-order valence-corrected chi connectivity index (χ0v) is 10.6. The van der Waals surface area contributed by atoms with Crippen LogP contribution in [0.4, 0.5) is 5.69 Å². The second-order valence-electron chi connectivity index (χ2n) is 4.61. The number of aliphatic hydroxyl groups excluding tert-OH is 1. The van der Waals surface area contributed by atoms with Gasteiger partial charge in [-0.3, -0.25) is 0 Å². The monoisotopic (exact) mass is 235 g/mol. The highest BCUT2D eigenvalue weighted by atomic mass is 16.5. The number of aliphatic hydroxyl groups is 1. The Morgan fingerprint density at radius 1 is 1.41 bits per heavy atom. The lowest BCUT2D eigenvalue weighted by Crippen LogP contribution is -2.22. The molecular weight excluding hydrogens is 214 g/mol. The molecule has 0 saturated carbocycles. The third-order valence-corrected chi connectivity index (χ3v) is 3.51. The Labute approximate surface area is 103 Å². The van der Waals surface area contributed by atoms with E-state index < -0.39 is 0 Å². The molecule has 1 heterocycles. The Balaban J connectivity index is 2.03. The number of benzene rings is 1. The van der Waals surface area contributed by atoms with Gasteiger partial charge in [0.25, 0.3) is 0 Å². The Hall–Kier alpha value is -1.06. The van der Waals surface area contributed by atoms with Gasteiger partial charge in [0.1, 0.15) is 0 Å². The van der Waals surface area contributed by atoms with Crippen LogP contribution in [0.15, 0.2) is 24.3 Å². The van der Waals surface area contributed by atoms with Crippen molar-refractivity contribution in [2.24, 2.45) is 0 Å². The highest BCUT2D eigenvalue weighted by molar-refractivity contribution is 5.49. The first kappa shape index (κ1) is 12.4. The van der Waals surface area contributed by atoms with Crippen molar-refractivity contribution in [2.45, 2.75) is 32.0 Å². The fourth-order valence-electron chi connectivity index (χ4n) is 2.30. The van der Waals surface area contributed by atoms with Gasteiger partial charge in [0.2, 0.25) is 0 Å². The fourth-order valence-corrected chi connectivity index (χ4v) is 2.30. The predicted octanol–water partition coefficient (Wildman–Crippen LogP) is 2.36. The summed E-state index contributed by atoms with van der Waals surface area (Å²) in [5.41, 5.74) is 2.22. The van der Waals surface area contributed by atoms with Gasteiger partial charge in [0.05, 0.1) is 12.2 Å². The molecule has 0 bridgehead atoms. The first-order valence-electron chi connectivity index (χ1n) is 6.30. The van der Waals surface area contributed by atoms with Gasteiger partial charge in [-0.2, -0.15) is 0 Å². The molecule has 1 fully saturated rings. The topological polar surface area (TPSA) is 32.7 Å². The first-order chi connectivity index (χ1) is 8.24. The molecule has 1 aromatic carbocycles. The summed E-state index contributed by atoms with van der Waals surface area (Å²) in [6.07, 6.45) is 1.87. The summed E-state index contributed by atoms with van der Waals surface area (Å²) in [6.45, 7) is 4.00. The van der Waals surface area contributed by atoms with Crippen molar-refractivity contribution in [3.05, 3.63) is 29.8 Å². The average Bonchev–Trinajstić information content (AvgIpc) is 2.87. The summed E-state index contributed by atoms with van der Waals surface area (Å²) in [5.74, 6) is 0. The van der Waals surface area contributed by atoms with E-state index in [0.717, 1.165) is 31.5 Å². The Morgan fingerprint density at radius 2 is 2.12 bits per heavy atom. The Kier molecular flexibility index (Phi) is 4.02. The van der Waals surface area contributed by atoms with Crippen molar-refractivity contribution in [1.29, 1.82) is 0 Å². The van der Waals surface area contributed by atoms with E-state index >= 15 is 0 Å². The second kappa shape index (κ2) is 5.52. The highest BCUT2D eigenvalue weighted by Gasteiger charge is 2.22. The largest absolute Gasteiger partial charge is 0.388 e. The molecule has 1 unspecified atom stereocenters. The zero-order chi connectivity index (χ0) is 12.3. The van der Waals surface area contributed by atoms with Crippen LogP contribution in [-0.4, -0.2) is 31.4 Å². The van der Waals surface area contributed by atoms with Gasteiger partial charge in [0, 0.05) is 25.9 Å². The minimum atomic E-state index is -0.339. The minimum Gasteiger partial charge on any atom is -0.388 e. The molecule has 3 heteroatoms. The van der Waals surface area contributed by atoms with Crippen molar-refractivity contribution < 1.29 is 9.84 Å². The lowest BCUT2D eigenvalue weighted by molar-refractivity contribution is 0.121. The number of ether oxygens (including phenoxy) is 1. The number of hydrogen-bond acceptors (Lipinski definition) is 3. The lowest BCUT2D eigenvalue weighted by Gasteiger charge is -2.19. The van der Waals surface area contributed by atoms with E-state index in [1.165, 1.54) is 5.69 Å². The van der Waals surface area contributed by atoms with Gasteiger partial charge in [-0.25, -0.2) is 0 Å². The van der Waals surface area contributed by atoms with Crippen LogP contribution in [0.2, 0.25) is 0 Å². The third-order valence-electron chi connectivity index (χ3n) is 3.51. The second-order valence-corrected chi connectivity index (χ2v) is 4.61. The van der Waals surface area contributed by atoms with Gasteiger partial charge in [0.15, 0.2) is 0 Å². The van der Waals surface area contributed by atoms with Gasteiger partial charge < -0.3 is 14.7 Å². The van der Waals surface area contributed by atoms with Gasteiger partial charge >= 0.3 is 0 Å². The number of methoxy groups -OCH3 is 1. The maximum atomic E-state index is 9.73. The van der Waals surface area contributed by atoms with Crippen LogP contribution in [0.25, 0.3) is 0 Å². The summed E-state index contributed by atoms with van der Waals surface area (Å²) < 4.78 is 5.36. The third kappa shape index (κ3) is 2.79. The molecule has 0 radical (unpaired) electrons. The number of rotatable bonds is 4. The highest BCUT2D eigenvalue weighted by Crippen LogP contribution is 2.24. The van der Waals surface area contributed by atoms with Crippen LogP contribution in [0.3, 0.4) is 0 Å². The molecule has 17 heavy (non-hydrogen) atoms. The summed E-state index contributed by atoms with van der Waals surface area (Å²) in [4.78, 5) is 2.33. The van der Waals surface area contributed by atoms with Crippen molar-refractivity contribution in [3.63, 3.8) is 0 Å². The number of hydrogen-bond donors (Lipinski definition) is 1. The van der Waals surface area contributed by atoms with Gasteiger partial charge in [-0.05, 0) is 30.5 Å². The van der Waals surface area contributed by atoms with E-state index in [1.54, 1.807) is 7.11 Å². The van der Waals surface area contributed by atoms with Gasteiger partial charge in [-0.1, -0.05) is 19.1 Å². The maximum Gasteiger partial charge on any atom is 0.0787 e. The average molecular weight is 235 g/mol. The summed E-state index contributed by atoms with van der Waals surface area (Å²) in [5, 5.41) is 9.73. The van der Waals surface area contributed by atoms with Crippen molar-refractivity contribution in [1.82, 2.24) is 0 Å². The smallest absolute Gasteiger partial charge is 0.0787 e. The van der Waals surface area contributed by atoms with Crippen molar-refractivity contribution in [2.75, 3.05) is 25.1 Å². The Morgan fingerprint density at radius 3 is 2.65 bits per heavy atom. The van der Waals surface area contributed by atoms with Gasteiger partial charge in [-0.15, -0.1) is 0 Å². The molecule has 2 atom stereocenters. The minimum absolute atomic E-state index is 0.339. The van der Waals surface area contributed by atoms with E-state index in [2.05, 4.69) is 17.0 Å². The van der Waals surface area contributed by atoms with Crippen molar-refractivity contribution >= 4 is 5.69 Å². The maximum absolute atomic E-state index is 9.73. The first-order valence-corrected chi connectivity index (χ1v) is 6.30. The molecule has 2 rings (SSSR count). The molecule has 3 nitrogen and oxygen atoms in total. The lowest BCUT2D eigenvalue weighted by atomic mass is 10.1. The number of nitrogens with zero attached hydrogens (tertiary/aromatic N) is 1. The molecular formula is C14H21NO2. The summed E-state index contributed by atoms with van der Waals surface area (Å²) in [7, 11) is 1.77. The van der Waals surface area contributed by atoms with Crippen LogP contribution in [-0.2, 0) is 4.74 Å². The molecule has 1 aliphatic heterocycles. The predicted molar refractivity (Wildman–Crippen MR) is 69.3 cm³/mol. The summed E-state index contributed by atoms with van der Waals surface area (Å²) >= 11 is 0. The molecule has 0 spiro atoms. The van der Waals surface area contributed by atoms with E-state index in [0.29, 0.717) is 6.10 Å². The number of anilines is 1.